The first-order valence-corrected chi connectivity index (χ1v) is 8.17. The van der Waals surface area contributed by atoms with Gasteiger partial charge in [0, 0.05) is 22.4 Å². The van der Waals surface area contributed by atoms with Crippen LogP contribution in [0.4, 0.5) is 0 Å². The summed E-state index contributed by atoms with van der Waals surface area (Å²) in [7, 11) is 0. The van der Waals surface area contributed by atoms with Crippen LogP contribution in [-0.2, 0) is 9.59 Å². The van der Waals surface area contributed by atoms with Gasteiger partial charge in [-0.2, -0.15) is 0 Å². The van der Waals surface area contributed by atoms with Crippen LogP contribution in [0.15, 0.2) is 63.7 Å². The summed E-state index contributed by atoms with van der Waals surface area (Å²) in [5.74, 6) is -0.774. The Morgan fingerprint density at radius 2 is 2.00 bits per heavy atom. The van der Waals surface area contributed by atoms with Crippen molar-refractivity contribution >= 4 is 39.0 Å². The molecule has 0 saturated carbocycles. The van der Waals surface area contributed by atoms with E-state index in [1.807, 2.05) is 48.6 Å². The summed E-state index contributed by atoms with van der Waals surface area (Å²) in [4.78, 5) is 28.4. The highest BCUT2D eigenvalue weighted by atomic mass is 79.9. The molecule has 1 N–H and O–H groups in total. The van der Waals surface area contributed by atoms with Gasteiger partial charge in [0.1, 0.15) is 5.70 Å². The van der Waals surface area contributed by atoms with Crippen molar-refractivity contribution in [2.75, 3.05) is 0 Å². The fourth-order valence-corrected chi connectivity index (χ4v) is 3.04. The van der Waals surface area contributed by atoms with Crippen molar-refractivity contribution in [1.29, 1.82) is 0 Å². The van der Waals surface area contributed by atoms with Gasteiger partial charge in [0.15, 0.2) is 0 Å². The van der Waals surface area contributed by atoms with Gasteiger partial charge in [-0.05, 0) is 17.7 Å². The van der Waals surface area contributed by atoms with Crippen LogP contribution in [0, 0.1) is 5.92 Å². The zero-order valence-electron chi connectivity index (χ0n) is 12.5. The molecule has 3 rings (SSSR count). The normalized spacial score (nSPS) is 19.9. The monoisotopic (exact) mass is 370 g/mol. The summed E-state index contributed by atoms with van der Waals surface area (Å²) >= 11 is 3.47. The van der Waals surface area contributed by atoms with E-state index in [1.54, 1.807) is 6.92 Å². The number of rotatable bonds is 3. The largest absolute Gasteiger partial charge is 0.321 e. The Balaban J connectivity index is 2.17. The molecule has 23 heavy (non-hydrogen) atoms. The zero-order valence-corrected chi connectivity index (χ0v) is 14.1. The maximum Gasteiger partial charge on any atom is 0.294 e. The number of amides is 2. The Morgan fingerprint density at radius 3 is 2.70 bits per heavy atom. The van der Waals surface area contributed by atoms with E-state index >= 15 is 0 Å². The number of benzene rings is 1. The van der Waals surface area contributed by atoms with Crippen molar-refractivity contribution in [2.24, 2.45) is 10.9 Å². The molecule has 1 atom stereocenters. The Hall–Kier alpha value is -2.27. The number of carbonyl (C=O) groups excluding carboxylic acids is 2. The Kier molecular flexibility index (Phi) is 4.39. The lowest BCUT2D eigenvalue weighted by Gasteiger charge is -2.27. The summed E-state index contributed by atoms with van der Waals surface area (Å²) in [6, 6.07) is 9.61. The fourth-order valence-electron chi connectivity index (χ4n) is 2.64. The molecule has 1 heterocycles. The van der Waals surface area contributed by atoms with Crippen LogP contribution in [0.25, 0.3) is 5.57 Å². The van der Waals surface area contributed by atoms with Crippen molar-refractivity contribution < 1.29 is 9.59 Å². The van der Waals surface area contributed by atoms with Crippen molar-refractivity contribution in [3.05, 3.63) is 64.3 Å². The van der Waals surface area contributed by atoms with Gasteiger partial charge in [-0.1, -0.05) is 59.3 Å². The predicted molar refractivity (Wildman–Crippen MR) is 93.9 cm³/mol. The molecule has 1 aromatic rings. The molecule has 0 spiro atoms. The second-order valence-corrected chi connectivity index (χ2v) is 6.18. The fraction of sp³-hybridized carbons (Fsp3) is 0.167. The number of carbonyl (C=O) groups is 2. The molecule has 0 saturated heterocycles. The molecular formula is C18H15BrN2O2. The zero-order chi connectivity index (χ0) is 16.4. The molecule has 4 nitrogen and oxygen atoms in total. The molecular weight excluding hydrogens is 356 g/mol. The molecule has 1 aromatic carbocycles. The van der Waals surface area contributed by atoms with Gasteiger partial charge in [0.2, 0.25) is 5.91 Å². The van der Waals surface area contributed by atoms with Gasteiger partial charge in [0.05, 0.1) is 5.71 Å². The van der Waals surface area contributed by atoms with Gasteiger partial charge >= 0.3 is 0 Å². The molecule has 0 radical (unpaired) electrons. The number of aliphatic imine (C=N–C) groups is 1. The predicted octanol–water partition coefficient (Wildman–Crippen LogP) is 3.37. The molecule has 116 valence electrons. The van der Waals surface area contributed by atoms with Gasteiger partial charge in [0.25, 0.3) is 5.91 Å². The first-order valence-electron chi connectivity index (χ1n) is 7.38. The van der Waals surface area contributed by atoms with E-state index in [9.17, 15) is 9.59 Å². The lowest BCUT2D eigenvalue weighted by Crippen LogP contribution is -2.33. The third-order valence-corrected chi connectivity index (χ3v) is 4.28. The van der Waals surface area contributed by atoms with E-state index < -0.39 is 5.91 Å². The van der Waals surface area contributed by atoms with Gasteiger partial charge < -0.3 is 5.32 Å². The molecule has 1 aliphatic carbocycles. The molecule has 1 unspecified atom stereocenters. The number of hydrogen-bond acceptors (Lipinski definition) is 2. The average molecular weight is 371 g/mol. The number of hydrogen-bond donors (Lipinski definition) is 1. The van der Waals surface area contributed by atoms with E-state index in [-0.39, 0.29) is 17.5 Å². The number of dihydropyridines is 1. The number of nitrogens with one attached hydrogen (secondary N) is 1. The van der Waals surface area contributed by atoms with E-state index in [0.29, 0.717) is 12.1 Å². The minimum Gasteiger partial charge on any atom is -0.321 e. The third-order valence-electron chi connectivity index (χ3n) is 3.75. The topological polar surface area (TPSA) is 58.5 Å². The molecule has 0 bridgehead atoms. The van der Waals surface area contributed by atoms with Crippen LogP contribution < -0.4 is 5.32 Å². The van der Waals surface area contributed by atoms with Crippen LogP contribution in [0.3, 0.4) is 0 Å². The minimum atomic E-state index is -0.409. The average Bonchev–Trinajstić information content (AvgIpc) is 2.56. The maximum absolute atomic E-state index is 12.4. The van der Waals surface area contributed by atoms with Crippen LogP contribution in [-0.4, -0.2) is 17.5 Å². The molecule has 2 amide bonds. The summed E-state index contributed by atoms with van der Waals surface area (Å²) in [5, 5.41) is 2.73. The van der Waals surface area contributed by atoms with E-state index in [1.165, 1.54) is 0 Å². The third kappa shape index (κ3) is 3.10. The summed E-state index contributed by atoms with van der Waals surface area (Å²) in [6.07, 6.45) is 5.99. The van der Waals surface area contributed by atoms with Gasteiger partial charge in [-0.15, -0.1) is 0 Å². The van der Waals surface area contributed by atoms with Crippen molar-refractivity contribution in [3.63, 3.8) is 0 Å². The lowest BCUT2D eigenvalue weighted by atomic mass is 9.82. The smallest absolute Gasteiger partial charge is 0.294 e. The quantitative estimate of drug-likeness (QED) is 0.886. The van der Waals surface area contributed by atoms with Crippen LogP contribution in [0.1, 0.15) is 18.9 Å². The Bertz CT molecular complexity index is 788. The number of fused-ring (bicyclic) bond motifs is 1. The molecule has 0 aromatic heterocycles. The second-order valence-electron chi connectivity index (χ2n) is 5.26. The first-order chi connectivity index (χ1) is 11.1. The Labute approximate surface area is 142 Å². The van der Waals surface area contributed by atoms with Crippen LogP contribution >= 0.6 is 15.9 Å². The lowest BCUT2D eigenvalue weighted by molar-refractivity contribution is -0.122. The van der Waals surface area contributed by atoms with E-state index in [2.05, 4.69) is 26.2 Å². The highest BCUT2D eigenvalue weighted by Gasteiger charge is 2.32. The molecule has 2 aliphatic rings. The van der Waals surface area contributed by atoms with E-state index in [4.69, 9.17) is 0 Å². The van der Waals surface area contributed by atoms with Crippen LogP contribution in [0.5, 0.6) is 0 Å². The van der Waals surface area contributed by atoms with Gasteiger partial charge in [-0.3, -0.25) is 9.59 Å². The molecule has 0 fully saturated rings. The van der Waals surface area contributed by atoms with E-state index in [0.717, 1.165) is 15.6 Å². The highest BCUT2D eigenvalue weighted by molar-refractivity contribution is 9.11. The minimum absolute atomic E-state index is 0.165. The first kappa shape index (κ1) is 15.6. The standard InChI is InChI=1S/C18H15BrN2O2/c1-2-15(22)21-17-16(11-6-4-3-5-7-11)13-10-12(19)8-9-14(13)20-18(17)23/h3-10,13H,2H2,1H3,(H,21,22). The van der Waals surface area contributed by atoms with Crippen molar-refractivity contribution in [3.8, 4) is 0 Å². The Morgan fingerprint density at radius 1 is 1.26 bits per heavy atom. The number of halogens is 1. The summed E-state index contributed by atoms with van der Waals surface area (Å²) in [6.45, 7) is 1.75. The summed E-state index contributed by atoms with van der Waals surface area (Å²) in [5.41, 5.74) is 2.63. The van der Waals surface area contributed by atoms with Crippen molar-refractivity contribution in [1.82, 2.24) is 5.32 Å². The van der Waals surface area contributed by atoms with Crippen LogP contribution in [0.2, 0.25) is 0 Å². The van der Waals surface area contributed by atoms with Crippen molar-refractivity contribution in [2.45, 2.75) is 13.3 Å². The number of nitrogens with zero attached hydrogens (tertiary/aromatic N) is 1. The SMILES string of the molecule is CCC(=O)NC1=C(c2ccccc2)C2C=C(Br)C=CC2=NC1=O. The highest BCUT2D eigenvalue weighted by Crippen LogP contribution is 2.36. The molecule has 5 heteroatoms. The maximum atomic E-state index is 12.4. The second kappa shape index (κ2) is 6.46. The van der Waals surface area contributed by atoms with Gasteiger partial charge in [-0.25, -0.2) is 4.99 Å². The summed E-state index contributed by atoms with van der Waals surface area (Å²) < 4.78 is 0.922. The number of allylic oxidation sites excluding steroid dienone is 5. The molecule has 1 aliphatic heterocycles.